The van der Waals surface area contributed by atoms with Gasteiger partial charge in [0, 0.05) is 18.3 Å². The minimum Gasteiger partial charge on any atom is -0.467 e. The molecule has 1 aliphatic carbocycles. The van der Waals surface area contributed by atoms with Gasteiger partial charge in [0.1, 0.15) is 12.0 Å². The minimum absolute atomic E-state index is 0.0376. The third-order valence-electron chi connectivity index (χ3n) is 3.73. The fraction of sp³-hybridized carbons (Fsp3) is 0.643. The van der Waals surface area contributed by atoms with Crippen molar-refractivity contribution >= 4 is 17.7 Å². The predicted octanol–water partition coefficient (Wildman–Crippen LogP) is 2.48. The Morgan fingerprint density at radius 2 is 2.37 bits per heavy atom. The lowest BCUT2D eigenvalue weighted by atomic mass is 10.2. The Kier molecular flexibility index (Phi) is 4.93. The van der Waals surface area contributed by atoms with E-state index in [1.54, 1.807) is 6.07 Å². The van der Waals surface area contributed by atoms with E-state index < -0.39 is 0 Å². The Morgan fingerprint density at radius 1 is 1.58 bits per heavy atom. The van der Waals surface area contributed by atoms with Gasteiger partial charge >= 0.3 is 0 Å². The molecule has 2 rings (SSSR count). The quantitative estimate of drug-likeness (QED) is 0.901. The van der Waals surface area contributed by atoms with E-state index in [1.807, 2.05) is 23.7 Å². The maximum absolute atomic E-state index is 12.3. The summed E-state index contributed by atoms with van der Waals surface area (Å²) in [7, 11) is 1.89. The van der Waals surface area contributed by atoms with Crippen LogP contribution in [0.1, 0.15) is 42.3 Å². The molecule has 2 N–H and O–H groups in total. The molecule has 1 aliphatic rings. The summed E-state index contributed by atoms with van der Waals surface area (Å²) in [5, 5.41) is 0.703. The molecule has 0 spiro atoms. The van der Waals surface area contributed by atoms with Gasteiger partial charge < -0.3 is 15.1 Å². The molecule has 0 radical (unpaired) electrons. The van der Waals surface area contributed by atoms with Crippen LogP contribution in [0, 0.1) is 0 Å². The highest BCUT2D eigenvalue weighted by Gasteiger charge is 2.30. The zero-order valence-electron chi connectivity index (χ0n) is 11.6. The zero-order chi connectivity index (χ0) is 13.8. The Morgan fingerprint density at radius 3 is 3.00 bits per heavy atom. The number of furan rings is 1. The fourth-order valence-electron chi connectivity index (χ4n) is 2.63. The Labute approximate surface area is 118 Å². The van der Waals surface area contributed by atoms with Crippen molar-refractivity contribution in [3.8, 4) is 0 Å². The average molecular weight is 282 g/mol. The van der Waals surface area contributed by atoms with Gasteiger partial charge in [0.15, 0.2) is 0 Å². The molecule has 1 aromatic heterocycles. The first kappa shape index (κ1) is 14.5. The number of carbonyl (C=O) groups excluding carboxylic acids is 1. The highest BCUT2D eigenvalue weighted by molar-refractivity contribution is 7.99. The molecule has 19 heavy (non-hydrogen) atoms. The first-order valence-electron chi connectivity index (χ1n) is 6.82. The van der Waals surface area contributed by atoms with Crippen LogP contribution in [0.4, 0.5) is 0 Å². The van der Waals surface area contributed by atoms with Crippen LogP contribution in [0.2, 0.25) is 0 Å². The molecule has 2 atom stereocenters. The molecule has 0 aromatic carbocycles. The molecule has 106 valence electrons. The average Bonchev–Trinajstić information content (AvgIpc) is 3.06. The number of thioether (sulfide) groups is 1. The van der Waals surface area contributed by atoms with Gasteiger partial charge in [0.2, 0.25) is 0 Å². The molecular formula is C14H22N2O2S. The lowest BCUT2D eigenvalue weighted by molar-refractivity contribution is 0.0735. The molecule has 1 heterocycles. The van der Waals surface area contributed by atoms with E-state index in [0.29, 0.717) is 29.2 Å². The number of nitrogens with two attached hydrogens (primary N) is 1. The molecule has 0 aliphatic heterocycles. The van der Waals surface area contributed by atoms with Gasteiger partial charge in [-0.15, -0.1) is 0 Å². The van der Waals surface area contributed by atoms with E-state index in [9.17, 15) is 4.79 Å². The van der Waals surface area contributed by atoms with Gasteiger partial charge in [-0.2, -0.15) is 11.8 Å². The van der Waals surface area contributed by atoms with Crippen molar-refractivity contribution in [2.45, 2.75) is 44.0 Å². The molecule has 0 saturated heterocycles. The van der Waals surface area contributed by atoms with Crippen LogP contribution in [-0.4, -0.2) is 34.9 Å². The molecule has 2 unspecified atom stereocenters. The molecule has 1 amide bonds. The maximum Gasteiger partial charge on any atom is 0.257 e. The summed E-state index contributed by atoms with van der Waals surface area (Å²) in [6, 6.07) is 2.10. The van der Waals surface area contributed by atoms with Gasteiger partial charge in [0.25, 0.3) is 5.91 Å². The van der Waals surface area contributed by atoms with Crippen molar-refractivity contribution in [2.24, 2.45) is 5.73 Å². The Bertz CT molecular complexity index is 433. The van der Waals surface area contributed by atoms with Gasteiger partial charge in [-0.05, 0) is 31.1 Å². The fourth-order valence-corrected chi connectivity index (χ4v) is 3.76. The molecule has 1 fully saturated rings. The van der Waals surface area contributed by atoms with Crippen LogP contribution in [0.25, 0.3) is 0 Å². The molecule has 4 nitrogen and oxygen atoms in total. The summed E-state index contributed by atoms with van der Waals surface area (Å²) < 4.78 is 5.23. The first-order valence-corrected chi connectivity index (χ1v) is 7.86. The number of nitrogens with zero attached hydrogens (tertiary/aromatic N) is 1. The van der Waals surface area contributed by atoms with Crippen molar-refractivity contribution in [3.63, 3.8) is 0 Å². The van der Waals surface area contributed by atoms with Crippen molar-refractivity contribution in [1.82, 2.24) is 4.90 Å². The maximum atomic E-state index is 12.3. The number of rotatable bonds is 5. The van der Waals surface area contributed by atoms with Crippen molar-refractivity contribution in [3.05, 3.63) is 23.7 Å². The van der Waals surface area contributed by atoms with Crippen molar-refractivity contribution < 1.29 is 9.21 Å². The van der Waals surface area contributed by atoms with E-state index in [-0.39, 0.29) is 5.91 Å². The minimum atomic E-state index is 0.0376. The van der Waals surface area contributed by atoms with Crippen molar-refractivity contribution in [2.75, 3.05) is 12.8 Å². The monoisotopic (exact) mass is 282 g/mol. The van der Waals surface area contributed by atoms with Crippen LogP contribution in [-0.2, 0) is 6.54 Å². The summed E-state index contributed by atoms with van der Waals surface area (Å²) in [4.78, 5) is 14.2. The van der Waals surface area contributed by atoms with Gasteiger partial charge in [-0.25, -0.2) is 0 Å². The highest BCUT2D eigenvalue weighted by Crippen LogP contribution is 2.32. The van der Waals surface area contributed by atoms with Crippen LogP contribution >= 0.6 is 11.8 Å². The second-order valence-electron chi connectivity index (χ2n) is 4.97. The third-order valence-corrected chi connectivity index (χ3v) is 4.96. The topological polar surface area (TPSA) is 59.5 Å². The van der Waals surface area contributed by atoms with Gasteiger partial charge in [-0.1, -0.05) is 6.92 Å². The number of amides is 1. The van der Waals surface area contributed by atoms with Crippen LogP contribution < -0.4 is 5.73 Å². The summed E-state index contributed by atoms with van der Waals surface area (Å²) in [6.45, 7) is 2.52. The normalized spacial score (nSPS) is 22.7. The number of hydrogen-bond acceptors (Lipinski definition) is 4. The number of hydrogen-bond donors (Lipinski definition) is 1. The van der Waals surface area contributed by atoms with E-state index in [2.05, 4.69) is 6.92 Å². The highest BCUT2D eigenvalue weighted by atomic mass is 32.2. The summed E-state index contributed by atoms with van der Waals surface area (Å²) in [5.74, 6) is 1.84. The SMILES string of the molecule is CCSC1CCC(N(C)C(=O)c2coc(CN)c2)C1. The Hall–Kier alpha value is -0.940. The molecule has 0 bridgehead atoms. The molecule has 5 heteroatoms. The van der Waals surface area contributed by atoms with Gasteiger partial charge in [0.05, 0.1) is 12.1 Å². The lowest BCUT2D eigenvalue weighted by Crippen LogP contribution is -2.35. The van der Waals surface area contributed by atoms with E-state index in [1.165, 1.54) is 12.7 Å². The van der Waals surface area contributed by atoms with Crippen LogP contribution in [0.15, 0.2) is 16.7 Å². The standard InChI is InChI=1S/C14H22N2O2S/c1-3-19-13-5-4-11(7-13)16(2)14(17)10-6-12(8-15)18-9-10/h6,9,11,13H,3-5,7-8,15H2,1-2H3. The first-order chi connectivity index (χ1) is 9.15. The van der Waals surface area contributed by atoms with E-state index in [4.69, 9.17) is 10.2 Å². The van der Waals surface area contributed by atoms with Crippen LogP contribution in [0.3, 0.4) is 0 Å². The predicted molar refractivity (Wildman–Crippen MR) is 78.3 cm³/mol. The second-order valence-corrected chi connectivity index (χ2v) is 6.54. The molecule has 1 aromatic rings. The van der Waals surface area contributed by atoms with E-state index >= 15 is 0 Å². The third kappa shape index (κ3) is 3.34. The number of carbonyl (C=O) groups is 1. The summed E-state index contributed by atoms with van der Waals surface area (Å²) >= 11 is 2.00. The molecule has 1 saturated carbocycles. The second kappa shape index (κ2) is 6.48. The van der Waals surface area contributed by atoms with E-state index in [0.717, 1.165) is 18.6 Å². The molecular weight excluding hydrogens is 260 g/mol. The van der Waals surface area contributed by atoms with Gasteiger partial charge in [-0.3, -0.25) is 4.79 Å². The largest absolute Gasteiger partial charge is 0.467 e. The van der Waals surface area contributed by atoms with Crippen molar-refractivity contribution in [1.29, 1.82) is 0 Å². The Balaban J connectivity index is 1.96. The smallest absolute Gasteiger partial charge is 0.257 e. The van der Waals surface area contributed by atoms with Crippen LogP contribution in [0.5, 0.6) is 0 Å². The lowest BCUT2D eigenvalue weighted by Gasteiger charge is -2.24. The zero-order valence-corrected chi connectivity index (χ0v) is 12.4. The summed E-state index contributed by atoms with van der Waals surface area (Å²) in [6.07, 6.45) is 4.92. The summed E-state index contributed by atoms with van der Waals surface area (Å²) in [5.41, 5.74) is 6.10.